The Balaban J connectivity index is 0.894. The van der Waals surface area contributed by atoms with Crippen molar-refractivity contribution in [1.82, 2.24) is 0 Å². The first-order chi connectivity index (χ1) is 47.4. The van der Waals surface area contributed by atoms with Crippen molar-refractivity contribution in [2.24, 2.45) is 0 Å². The molecule has 0 fully saturated rings. The van der Waals surface area contributed by atoms with Gasteiger partial charge in [0.05, 0.1) is 0 Å². The second kappa shape index (κ2) is 21.2. The van der Waals surface area contributed by atoms with Crippen LogP contribution < -0.4 is 9.80 Å². The summed E-state index contributed by atoms with van der Waals surface area (Å²) in [6.07, 6.45) is 0. The lowest BCUT2D eigenvalue weighted by atomic mass is 9.79. The van der Waals surface area contributed by atoms with Crippen molar-refractivity contribution in [3.8, 4) is 66.8 Å². The molecule has 0 aromatic heterocycles. The summed E-state index contributed by atoms with van der Waals surface area (Å²) in [5.41, 5.74) is 29.2. The summed E-state index contributed by atoms with van der Waals surface area (Å²) in [5, 5.41) is 12.4. The second-order valence-corrected chi connectivity index (χ2v) is 28.7. The Labute approximate surface area is 567 Å². The molecule has 0 atom stereocenters. The van der Waals surface area contributed by atoms with Crippen LogP contribution in [0.4, 0.5) is 34.1 Å². The van der Waals surface area contributed by atoms with Crippen LogP contribution in [0.1, 0.15) is 74.9 Å². The lowest BCUT2D eigenvalue weighted by Gasteiger charge is -2.29. The minimum absolute atomic E-state index is 0.184. The third-order valence-corrected chi connectivity index (χ3v) is 22.4. The Kier molecular flexibility index (Phi) is 12.4. The first kappa shape index (κ1) is 56.9. The van der Waals surface area contributed by atoms with Crippen LogP contribution in [0.25, 0.3) is 121 Å². The number of nitrogens with zero attached hydrogens (tertiary/aromatic N) is 2. The highest BCUT2D eigenvalue weighted by Crippen LogP contribution is 2.58. The minimum Gasteiger partial charge on any atom is -0.310 e. The van der Waals surface area contributed by atoms with E-state index in [0.717, 1.165) is 34.1 Å². The Morgan fingerprint density at radius 1 is 0.186 bits per heavy atom. The van der Waals surface area contributed by atoms with Crippen LogP contribution in [-0.4, -0.2) is 0 Å². The van der Waals surface area contributed by atoms with E-state index in [9.17, 15) is 0 Å². The first-order valence-corrected chi connectivity index (χ1v) is 34.3. The molecule has 3 aliphatic carbocycles. The van der Waals surface area contributed by atoms with E-state index in [1.807, 2.05) is 0 Å². The van der Waals surface area contributed by atoms with Crippen LogP contribution in [0.15, 0.2) is 315 Å². The van der Waals surface area contributed by atoms with Crippen molar-refractivity contribution >= 4 is 88.0 Å². The number of benzene rings is 16. The standard InChI is InChI=1S/C95H70N2/c1-93(2)83-35-20-19-33-75(83)76-49-44-70(58-88(76)93)97(66-28-11-8-12-29-66)69-46-51-78-82(57-69)90(64-39-48-80-87(55-64)95(5,6)85-53-41-61-24-15-18-32-74(61)92(80)85)77-50-45-68(96(65-26-9-7-10-27-65)67-42-36-62(37-43-67)72-34-21-25-59-22-13-16-30-71(59)72)56-81(77)89(78)63-38-47-79-86(54-63)94(3,4)84-52-40-60-23-14-17-31-73(60)91(79)84/h7-58H,1-6H3. The van der Waals surface area contributed by atoms with Crippen LogP contribution in [-0.2, 0) is 16.2 Å². The SMILES string of the molecule is CC1(C)c2ccccc2-c2ccc(N(c3ccccc3)c3ccc4c(-c5ccc6c(c5)C(C)(C)c5ccc7ccccc7c5-6)c5cc(N(c6ccccc6)c6ccc(-c7cccc8ccccc78)cc6)ccc5c(-c5ccc6c(c5)C(C)(C)c5ccc7ccccc7c5-6)c4c3)cc21. The van der Waals surface area contributed by atoms with Gasteiger partial charge in [-0.05, 0) is 239 Å². The summed E-state index contributed by atoms with van der Waals surface area (Å²) in [5.74, 6) is 0. The normalized spacial score (nSPS) is 14.1. The summed E-state index contributed by atoms with van der Waals surface area (Å²) in [6.45, 7) is 14.5. The predicted molar refractivity (Wildman–Crippen MR) is 412 cm³/mol. The first-order valence-electron chi connectivity index (χ1n) is 34.3. The number of anilines is 6. The second-order valence-electron chi connectivity index (χ2n) is 28.7. The summed E-state index contributed by atoms with van der Waals surface area (Å²) < 4.78 is 0. The maximum Gasteiger partial charge on any atom is 0.0468 e. The minimum atomic E-state index is -0.265. The summed E-state index contributed by atoms with van der Waals surface area (Å²) in [6, 6.07) is 119. The van der Waals surface area contributed by atoms with Gasteiger partial charge < -0.3 is 9.80 Å². The molecule has 2 heteroatoms. The van der Waals surface area contributed by atoms with E-state index >= 15 is 0 Å². The van der Waals surface area contributed by atoms with Gasteiger partial charge in [-0.3, -0.25) is 0 Å². The van der Waals surface area contributed by atoms with E-state index in [2.05, 4.69) is 367 Å². The third-order valence-electron chi connectivity index (χ3n) is 22.4. The smallest absolute Gasteiger partial charge is 0.0468 e. The average Bonchev–Trinajstić information content (AvgIpc) is 1.73. The number of rotatable bonds is 9. The largest absolute Gasteiger partial charge is 0.310 e. The van der Waals surface area contributed by atoms with Crippen molar-refractivity contribution in [2.45, 2.75) is 57.8 Å². The fraction of sp³-hybridized carbons (Fsp3) is 0.0947. The van der Waals surface area contributed by atoms with Crippen LogP contribution in [0.2, 0.25) is 0 Å². The van der Waals surface area contributed by atoms with E-state index in [0.29, 0.717) is 0 Å². The highest BCUT2D eigenvalue weighted by atomic mass is 15.1. The molecule has 3 aliphatic rings. The molecule has 16 aromatic rings. The zero-order valence-electron chi connectivity index (χ0n) is 55.4. The quantitative estimate of drug-likeness (QED) is 0.133. The topological polar surface area (TPSA) is 6.48 Å². The summed E-state index contributed by atoms with van der Waals surface area (Å²) in [4.78, 5) is 4.94. The molecular formula is C95H70N2. The van der Waals surface area contributed by atoms with Gasteiger partial charge in [-0.2, -0.15) is 0 Å². The molecule has 0 spiro atoms. The predicted octanol–water partition coefficient (Wildman–Crippen LogP) is 26.3. The van der Waals surface area contributed by atoms with Gasteiger partial charge in [0.15, 0.2) is 0 Å². The number of hydrogen-bond acceptors (Lipinski definition) is 2. The molecule has 0 bridgehead atoms. The Bertz CT molecular complexity index is 5960. The maximum atomic E-state index is 2.56. The molecule has 0 unspecified atom stereocenters. The van der Waals surface area contributed by atoms with Crippen molar-refractivity contribution in [1.29, 1.82) is 0 Å². The van der Waals surface area contributed by atoms with Crippen molar-refractivity contribution in [3.05, 3.63) is 349 Å². The molecule has 0 saturated carbocycles. The van der Waals surface area contributed by atoms with E-state index in [-0.39, 0.29) is 16.2 Å². The van der Waals surface area contributed by atoms with Gasteiger partial charge in [0.2, 0.25) is 0 Å². The molecule has 16 aromatic carbocycles. The molecule has 2 nitrogen and oxygen atoms in total. The lowest BCUT2D eigenvalue weighted by Crippen LogP contribution is -2.16. The van der Waals surface area contributed by atoms with Gasteiger partial charge in [-0.25, -0.2) is 0 Å². The molecule has 97 heavy (non-hydrogen) atoms. The van der Waals surface area contributed by atoms with Gasteiger partial charge in [0.25, 0.3) is 0 Å². The molecule has 0 saturated heterocycles. The molecule has 460 valence electrons. The lowest BCUT2D eigenvalue weighted by molar-refractivity contribution is 0.660. The van der Waals surface area contributed by atoms with Crippen molar-refractivity contribution in [2.75, 3.05) is 9.80 Å². The van der Waals surface area contributed by atoms with Crippen molar-refractivity contribution in [3.63, 3.8) is 0 Å². The fourth-order valence-electron chi connectivity index (χ4n) is 17.6. The van der Waals surface area contributed by atoms with Gasteiger partial charge in [0, 0.05) is 50.4 Å². The average molecular weight is 1240 g/mol. The molecule has 0 heterocycles. The van der Waals surface area contributed by atoms with Gasteiger partial charge in [-0.15, -0.1) is 0 Å². The Morgan fingerprint density at radius 3 is 1.11 bits per heavy atom. The zero-order valence-corrected chi connectivity index (χ0v) is 55.4. The monoisotopic (exact) mass is 1240 g/mol. The van der Waals surface area contributed by atoms with Crippen LogP contribution in [0.5, 0.6) is 0 Å². The third kappa shape index (κ3) is 8.52. The number of para-hydroxylation sites is 2. The fourth-order valence-corrected chi connectivity index (χ4v) is 17.6. The van der Waals surface area contributed by atoms with Gasteiger partial charge in [0.1, 0.15) is 0 Å². The van der Waals surface area contributed by atoms with Crippen molar-refractivity contribution < 1.29 is 0 Å². The number of hydrogen-bond donors (Lipinski definition) is 0. The molecule has 0 radical (unpaired) electrons. The Hall–Kier alpha value is -11.6. The van der Waals surface area contributed by atoms with Crippen LogP contribution in [0.3, 0.4) is 0 Å². The van der Waals surface area contributed by atoms with E-state index in [4.69, 9.17) is 0 Å². The van der Waals surface area contributed by atoms with Crippen LogP contribution >= 0.6 is 0 Å². The molecule has 0 N–H and O–H groups in total. The molecule has 0 amide bonds. The molecule has 0 aliphatic heterocycles. The zero-order chi connectivity index (χ0) is 65.1. The molecular weight excluding hydrogens is 1170 g/mol. The number of fused-ring (bicyclic) bond motifs is 16. The van der Waals surface area contributed by atoms with Gasteiger partial charge >= 0.3 is 0 Å². The maximum absolute atomic E-state index is 2.56. The Morgan fingerprint density at radius 2 is 0.557 bits per heavy atom. The van der Waals surface area contributed by atoms with Crippen LogP contribution in [0, 0.1) is 0 Å². The highest BCUT2D eigenvalue weighted by molar-refractivity contribution is 6.23. The molecule has 19 rings (SSSR count). The summed E-state index contributed by atoms with van der Waals surface area (Å²) in [7, 11) is 0. The highest BCUT2D eigenvalue weighted by Gasteiger charge is 2.40. The van der Waals surface area contributed by atoms with Gasteiger partial charge in [-0.1, -0.05) is 272 Å². The summed E-state index contributed by atoms with van der Waals surface area (Å²) >= 11 is 0. The van der Waals surface area contributed by atoms with E-state index in [1.54, 1.807) is 0 Å². The van der Waals surface area contributed by atoms with E-state index < -0.39 is 0 Å². The van der Waals surface area contributed by atoms with E-state index in [1.165, 1.54) is 154 Å².